The predicted molar refractivity (Wildman–Crippen MR) is 287 cm³/mol. The average molecular weight is 890 g/mol. The molecular formula is C68H43NO. The molecule has 0 aliphatic heterocycles. The van der Waals surface area contributed by atoms with Crippen molar-refractivity contribution in [1.29, 1.82) is 0 Å². The Bertz CT molecular complexity index is 3970. The van der Waals surface area contributed by atoms with Gasteiger partial charge in [0.15, 0.2) is 0 Å². The lowest BCUT2D eigenvalue weighted by atomic mass is 9.68. The Balaban J connectivity index is 0.959. The van der Waals surface area contributed by atoms with E-state index >= 15 is 0 Å². The van der Waals surface area contributed by atoms with Crippen LogP contribution >= 0.6 is 0 Å². The molecule has 15 rings (SSSR count). The first-order valence-electron chi connectivity index (χ1n) is 24.3. The first-order valence-corrected chi connectivity index (χ1v) is 24.3. The van der Waals surface area contributed by atoms with Crippen LogP contribution in [0.4, 0.5) is 17.1 Å². The fraction of sp³-hybridized carbons (Fsp3) is 0.0294. The van der Waals surface area contributed by atoms with Crippen molar-refractivity contribution in [3.05, 3.63) is 305 Å². The topological polar surface area (TPSA) is 16.4 Å². The van der Waals surface area contributed by atoms with Crippen molar-refractivity contribution >= 4 is 39.0 Å². The monoisotopic (exact) mass is 889 g/mol. The third-order valence-corrected chi connectivity index (χ3v) is 15.8. The highest BCUT2D eigenvalue weighted by molar-refractivity contribution is 6.10. The molecule has 3 aliphatic rings. The summed E-state index contributed by atoms with van der Waals surface area (Å²) >= 11 is 0. The number of rotatable bonds is 6. The van der Waals surface area contributed by atoms with Crippen molar-refractivity contribution in [2.24, 2.45) is 0 Å². The van der Waals surface area contributed by atoms with Gasteiger partial charge in [-0.3, -0.25) is 0 Å². The summed E-state index contributed by atoms with van der Waals surface area (Å²) in [7, 11) is 0. The van der Waals surface area contributed by atoms with Crippen LogP contribution in [-0.2, 0) is 10.8 Å². The van der Waals surface area contributed by atoms with Crippen LogP contribution in [0, 0.1) is 0 Å². The second-order valence-corrected chi connectivity index (χ2v) is 19.0. The molecule has 0 unspecified atom stereocenters. The molecule has 2 nitrogen and oxygen atoms in total. The SMILES string of the molecule is c1ccc(C2(c3ccc(N(c4ccc(-c5cccc6c5oc5ccccc56)cc4)c4cccc5c4-c4ccccc4C54c5ccccc5-c5ccccc54)cc3)c3ccccc3-c3ccccc32)cc1. The lowest BCUT2D eigenvalue weighted by Crippen LogP contribution is -2.28. The molecule has 0 fully saturated rings. The molecule has 12 aromatic rings. The van der Waals surface area contributed by atoms with Crippen LogP contribution in [0.2, 0.25) is 0 Å². The molecule has 0 radical (unpaired) electrons. The lowest BCUT2D eigenvalue weighted by molar-refractivity contribution is 0.670. The first kappa shape index (κ1) is 39.1. The summed E-state index contributed by atoms with van der Waals surface area (Å²) < 4.78 is 6.56. The minimum atomic E-state index is -0.500. The number of furan rings is 1. The third-order valence-electron chi connectivity index (χ3n) is 15.8. The molecule has 0 amide bonds. The fourth-order valence-corrected chi connectivity index (χ4v) is 13.1. The van der Waals surface area contributed by atoms with E-state index in [1.54, 1.807) is 0 Å². The van der Waals surface area contributed by atoms with Gasteiger partial charge in [0.2, 0.25) is 0 Å². The zero-order valence-electron chi connectivity index (χ0n) is 38.2. The molecule has 0 saturated carbocycles. The van der Waals surface area contributed by atoms with Crippen LogP contribution in [0.25, 0.3) is 66.4 Å². The largest absolute Gasteiger partial charge is 0.455 e. The Kier molecular flexibility index (Phi) is 8.24. The van der Waals surface area contributed by atoms with Crippen LogP contribution in [0.5, 0.6) is 0 Å². The number of hydrogen-bond acceptors (Lipinski definition) is 2. The Morgan fingerprint density at radius 3 is 1.33 bits per heavy atom. The van der Waals surface area contributed by atoms with E-state index < -0.39 is 10.8 Å². The van der Waals surface area contributed by atoms with E-state index in [-0.39, 0.29) is 0 Å². The van der Waals surface area contributed by atoms with Crippen molar-refractivity contribution in [3.63, 3.8) is 0 Å². The van der Waals surface area contributed by atoms with Crippen molar-refractivity contribution < 1.29 is 4.42 Å². The molecule has 0 bridgehead atoms. The van der Waals surface area contributed by atoms with Crippen LogP contribution in [-0.4, -0.2) is 0 Å². The van der Waals surface area contributed by atoms with Gasteiger partial charge in [-0.05, 0) is 114 Å². The molecule has 3 aliphatic carbocycles. The summed E-state index contributed by atoms with van der Waals surface area (Å²) in [6.07, 6.45) is 0. The van der Waals surface area contributed by atoms with E-state index in [0.717, 1.165) is 50.1 Å². The average Bonchev–Trinajstić information content (AvgIpc) is 4.15. The molecule has 0 saturated heterocycles. The normalized spacial score (nSPS) is 13.9. The quantitative estimate of drug-likeness (QED) is 0.165. The minimum Gasteiger partial charge on any atom is -0.455 e. The maximum atomic E-state index is 6.56. The number of para-hydroxylation sites is 2. The number of hydrogen-bond donors (Lipinski definition) is 0. The lowest BCUT2D eigenvalue weighted by Gasteiger charge is -2.35. The highest BCUT2D eigenvalue weighted by Gasteiger charge is 2.52. The van der Waals surface area contributed by atoms with Gasteiger partial charge in [-0.25, -0.2) is 0 Å². The van der Waals surface area contributed by atoms with Gasteiger partial charge in [-0.2, -0.15) is 0 Å². The number of nitrogens with zero attached hydrogens (tertiary/aromatic N) is 1. The third kappa shape index (κ3) is 5.12. The van der Waals surface area contributed by atoms with E-state index in [0.29, 0.717) is 0 Å². The zero-order valence-corrected chi connectivity index (χ0v) is 38.2. The van der Waals surface area contributed by atoms with Gasteiger partial charge in [0.25, 0.3) is 0 Å². The number of benzene rings is 11. The van der Waals surface area contributed by atoms with Gasteiger partial charge in [-0.15, -0.1) is 0 Å². The first-order chi connectivity index (χ1) is 34.7. The van der Waals surface area contributed by atoms with Gasteiger partial charge in [0.1, 0.15) is 11.2 Å². The Hall–Kier alpha value is -8.98. The molecule has 1 spiro atoms. The fourth-order valence-electron chi connectivity index (χ4n) is 13.1. The summed E-state index contributed by atoms with van der Waals surface area (Å²) in [4.78, 5) is 2.49. The molecule has 11 aromatic carbocycles. The Labute approximate surface area is 407 Å². The maximum absolute atomic E-state index is 6.56. The summed E-state index contributed by atoms with van der Waals surface area (Å²) in [5.41, 5.74) is 24.4. The van der Waals surface area contributed by atoms with Crippen molar-refractivity contribution in [1.82, 2.24) is 0 Å². The predicted octanol–water partition coefficient (Wildman–Crippen LogP) is 17.4. The summed E-state index contributed by atoms with van der Waals surface area (Å²) in [6.45, 7) is 0. The molecule has 2 heteroatoms. The van der Waals surface area contributed by atoms with Crippen molar-refractivity contribution in [3.8, 4) is 44.5 Å². The van der Waals surface area contributed by atoms with Crippen molar-refractivity contribution in [2.75, 3.05) is 4.90 Å². The van der Waals surface area contributed by atoms with Crippen LogP contribution in [0.1, 0.15) is 44.5 Å². The van der Waals surface area contributed by atoms with E-state index in [4.69, 9.17) is 4.42 Å². The van der Waals surface area contributed by atoms with E-state index in [1.807, 2.05) is 6.07 Å². The Morgan fingerprint density at radius 1 is 0.286 bits per heavy atom. The van der Waals surface area contributed by atoms with Gasteiger partial charge in [0, 0.05) is 33.3 Å². The van der Waals surface area contributed by atoms with E-state index in [1.165, 1.54) is 77.9 Å². The van der Waals surface area contributed by atoms with E-state index in [2.05, 4.69) is 260 Å². The van der Waals surface area contributed by atoms with Gasteiger partial charge < -0.3 is 9.32 Å². The maximum Gasteiger partial charge on any atom is 0.143 e. The molecule has 0 atom stereocenters. The highest BCUT2D eigenvalue weighted by Crippen LogP contribution is 2.65. The minimum absolute atomic E-state index is 0.467. The van der Waals surface area contributed by atoms with Gasteiger partial charge in [-0.1, -0.05) is 224 Å². The van der Waals surface area contributed by atoms with Crippen LogP contribution in [0.3, 0.4) is 0 Å². The summed E-state index contributed by atoms with van der Waals surface area (Å²) in [5, 5.41) is 2.26. The second-order valence-electron chi connectivity index (χ2n) is 19.0. The van der Waals surface area contributed by atoms with Crippen LogP contribution < -0.4 is 4.90 Å². The Morgan fingerprint density at radius 2 is 0.714 bits per heavy atom. The summed E-state index contributed by atoms with van der Waals surface area (Å²) in [5.74, 6) is 0. The number of anilines is 3. The second kappa shape index (κ2) is 14.8. The molecule has 326 valence electrons. The standard InChI is InChI=1S/C68H43NO/c1-2-18-45(19-3-1)67(57-28-10-4-20-50(57)51-21-5-11-29-58(51)67)46-38-42-48(43-39-46)69(47-40-36-44(37-41-47)49-26-16-27-55-54-24-9-15-35-64(54)70-66(49)55)63-34-17-33-62-65(63)56-25-8-14-32-61(56)68(62)59-30-12-6-22-52(59)53-23-7-13-31-60(53)68/h1-43H. The summed E-state index contributed by atoms with van der Waals surface area (Å²) in [6, 6.07) is 96.6. The molecule has 70 heavy (non-hydrogen) atoms. The van der Waals surface area contributed by atoms with Crippen molar-refractivity contribution in [2.45, 2.75) is 10.8 Å². The molecule has 1 aromatic heterocycles. The number of fused-ring (bicyclic) bond motifs is 16. The zero-order chi connectivity index (χ0) is 46.0. The van der Waals surface area contributed by atoms with E-state index in [9.17, 15) is 0 Å². The molecule has 1 heterocycles. The highest BCUT2D eigenvalue weighted by atomic mass is 16.3. The molecule has 0 N–H and O–H groups in total. The van der Waals surface area contributed by atoms with Gasteiger partial charge in [0.05, 0.1) is 16.5 Å². The molecular weight excluding hydrogens is 847 g/mol. The van der Waals surface area contributed by atoms with Crippen LogP contribution in [0.15, 0.2) is 265 Å². The van der Waals surface area contributed by atoms with Gasteiger partial charge >= 0.3 is 0 Å². The smallest absolute Gasteiger partial charge is 0.143 e.